The van der Waals surface area contributed by atoms with Gasteiger partial charge in [0.05, 0.1) is 16.2 Å². The minimum Gasteiger partial charge on any atom is -0.311 e. The van der Waals surface area contributed by atoms with E-state index in [1.165, 1.54) is 22.5 Å². The molecule has 7 nitrogen and oxygen atoms in total. The van der Waals surface area contributed by atoms with Gasteiger partial charge in [0.15, 0.2) is 0 Å². The molecule has 3 rings (SSSR count). The maximum Gasteiger partial charge on any atom is 0.322 e. The molecular weight excluding hydrogens is 447 g/mol. The smallest absolute Gasteiger partial charge is 0.311 e. The predicted molar refractivity (Wildman–Crippen MR) is 127 cm³/mol. The molecule has 0 saturated heterocycles. The number of carbonyl (C=O) groups excluding carboxylic acids is 3. The van der Waals surface area contributed by atoms with Crippen molar-refractivity contribution in [1.29, 1.82) is 0 Å². The molecule has 1 unspecified atom stereocenters. The Labute approximate surface area is 196 Å². The zero-order valence-corrected chi connectivity index (χ0v) is 19.4. The first kappa shape index (κ1) is 24.4. The Bertz CT molecular complexity index is 1180. The summed E-state index contributed by atoms with van der Waals surface area (Å²) >= 11 is 5.81. The Morgan fingerprint density at radius 1 is 1.18 bits per heavy atom. The summed E-state index contributed by atoms with van der Waals surface area (Å²) in [6, 6.07) is 10.3. The van der Waals surface area contributed by atoms with Crippen LogP contribution in [0.5, 0.6) is 0 Å². The highest BCUT2D eigenvalue weighted by Gasteiger charge is 2.27. The van der Waals surface area contributed by atoms with Gasteiger partial charge in [-0.1, -0.05) is 41.9 Å². The summed E-state index contributed by atoms with van der Waals surface area (Å²) in [6.07, 6.45) is 2.25. The van der Waals surface area contributed by atoms with Gasteiger partial charge in [0, 0.05) is 43.2 Å². The molecule has 1 heterocycles. The van der Waals surface area contributed by atoms with E-state index in [0.717, 1.165) is 0 Å². The van der Waals surface area contributed by atoms with Crippen LogP contribution in [0.2, 0.25) is 5.02 Å². The molecule has 0 fully saturated rings. The van der Waals surface area contributed by atoms with Crippen molar-refractivity contribution in [2.75, 3.05) is 11.9 Å². The number of aromatic nitrogens is 1. The van der Waals surface area contributed by atoms with Gasteiger partial charge in [-0.15, -0.1) is 0 Å². The van der Waals surface area contributed by atoms with Gasteiger partial charge in [0.2, 0.25) is 5.91 Å². The highest BCUT2D eigenvalue weighted by molar-refractivity contribution is 6.30. The van der Waals surface area contributed by atoms with Crippen LogP contribution in [0, 0.1) is 5.82 Å². The van der Waals surface area contributed by atoms with Gasteiger partial charge in [-0.05, 0) is 26.0 Å². The molecule has 2 amide bonds. The number of para-hydroxylation sites is 1. The normalized spacial score (nSPS) is 12.1. The van der Waals surface area contributed by atoms with Crippen molar-refractivity contribution in [3.63, 3.8) is 0 Å². The lowest BCUT2D eigenvalue weighted by Crippen LogP contribution is -2.51. The van der Waals surface area contributed by atoms with Gasteiger partial charge >= 0.3 is 6.03 Å². The maximum absolute atomic E-state index is 14.1. The van der Waals surface area contributed by atoms with E-state index in [1.807, 2.05) is 18.2 Å². The van der Waals surface area contributed by atoms with Gasteiger partial charge < -0.3 is 20.3 Å². The van der Waals surface area contributed by atoms with Crippen LogP contribution in [-0.4, -0.2) is 46.3 Å². The lowest BCUT2D eigenvalue weighted by Gasteiger charge is -2.32. The topological polar surface area (TPSA) is 83.4 Å². The third-order valence-corrected chi connectivity index (χ3v) is 5.59. The van der Waals surface area contributed by atoms with Crippen LogP contribution >= 0.6 is 11.6 Å². The predicted octanol–water partition coefficient (Wildman–Crippen LogP) is 4.69. The average Bonchev–Trinajstić information content (AvgIpc) is 3.14. The Morgan fingerprint density at radius 3 is 2.58 bits per heavy atom. The number of urea groups is 1. The van der Waals surface area contributed by atoms with Crippen LogP contribution in [0.3, 0.4) is 0 Å². The van der Waals surface area contributed by atoms with E-state index in [4.69, 9.17) is 11.6 Å². The highest BCUT2D eigenvalue weighted by Crippen LogP contribution is 2.26. The number of nitrogens with one attached hydrogen (secondary N) is 2. The molecule has 0 saturated carbocycles. The maximum atomic E-state index is 14.1. The van der Waals surface area contributed by atoms with Crippen molar-refractivity contribution in [2.45, 2.75) is 39.4 Å². The number of halogens is 2. The molecule has 2 N–H and O–H groups in total. The lowest BCUT2D eigenvalue weighted by molar-refractivity contribution is -0.111. The molecule has 9 heteroatoms. The molecule has 3 aromatic rings. The molecule has 0 aliphatic rings. The van der Waals surface area contributed by atoms with Gasteiger partial charge in [0.25, 0.3) is 0 Å². The molecule has 1 aromatic heterocycles. The fourth-order valence-electron chi connectivity index (χ4n) is 3.74. The number of benzene rings is 2. The fraction of sp³-hybridized carbons (Fsp3) is 0.292. The average molecular weight is 473 g/mol. The van der Waals surface area contributed by atoms with Gasteiger partial charge in [-0.2, -0.15) is 0 Å². The van der Waals surface area contributed by atoms with E-state index < -0.39 is 17.9 Å². The van der Waals surface area contributed by atoms with Crippen LogP contribution in [0.25, 0.3) is 10.9 Å². The standard InChI is InChI=1S/C24H26ClFN4O3/c1-15(2)30(18(14-31)12-27-11-17-7-6-9-20(25)23(17)26)24(33)28-21-13-29(16(3)32)22-10-5-4-8-19(21)22/h4-10,13-15,18,27H,11-12H2,1-3H3,(H,28,33). The molecule has 0 aliphatic heterocycles. The number of nitrogens with zero attached hydrogens (tertiary/aromatic N) is 2. The number of fused-ring (bicyclic) bond motifs is 1. The van der Waals surface area contributed by atoms with Crippen LogP contribution in [0.1, 0.15) is 31.1 Å². The molecule has 2 aromatic carbocycles. The van der Waals surface area contributed by atoms with Crippen molar-refractivity contribution in [2.24, 2.45) is 0 Å². The molecule has 1 atom stereocenters. The molecule has 33 heavy (non-hydrogen) atoms. The Morgan fingerprint density at radius 2 is 1.91 bits per heavy atom. The Balaban J connectivity index is 1.76. The first-order valence-electron chi connectivity index (χ1n) is 10.5. The summed E-state index contributed by atoms with van der Waals surface area (Å²) in [4.78, 5) is 38.4. The summed E-state index contributed by atoms with van der Waals surface area (Å²) in [5.74, 6) is -0.703. The molecule has 174 valence electrons. The molecule has 0 radical (unpaired) electrons. The number of anilines is 1. The summed E-state index contributed by atoms with van der Waals surface area (Å²) in [5, 5.41) is 6.59. The Kier molecular flexibility index (Phi) is 7.84. The molecular formula is C24H26ClFN4O3. The van der Waals surface area contributed by atoms with E-state index in [0.29, 0.717) is 28.4 Å². The minimum absolute atomic E-state index is 0.0224. The monoisotopic (exact) mass is 472 g/mol. The number of carbonyl (C=O) groups is 3. The summed E-state index contributed by atoms with van der Waals surface area (Å²) in [7, 11) is 0. The van der Waals surface area contributed by atoms with E-state index in [-0.39, 0.29) is 30.1 Å². The van der Waals surface area contributed by atoms with Crippen molar-refractivity contribution in [3.8, 4) is 0 Å². The minimum atomic E-state index is -0.798. The van der Waals surface area contributed by atoms with E-state index in [2.05, 4.69) is 10.6 Å². The zero-order valence-electron chi connectivity index (χ0n) is 18.6. The summed E-state index contributed by atoms with van der Waals surface area (Å²) in [5.41, 5.74) is 1.51. The Hall–Kier alpha value is -3.23. The molecule has 0 aliphatic carbocycles. The third kappa shape index (κ3) is 5.40. The van der Waals surface area contributed by atoms with Gasteiger partial charge in [-0.25, -0.2) is 9.18 Å². The van der Waals surface area contributed by atoms with Crippen molar-refractivity contribution < 1.29 is 18.8 Å². The first-order chi connectivity index (χ1) is 15.7. The number of aldehydes is 1. The quantitative estimate of drug-likeness (QED) is 0.466. The second-order valence-electron chi connectivity index (χ2n) is 7.93. The summed E-state index contributed by atoms with van der Waals surface area (Å²) < 4.78 is 15.6. The van der Waals surface area contributed by atoms with Crippen LogP contribution < -0.4 is 10.6 Å². The molecule has 0 bridgehead atoms. The SMILES string of the molecule is CC(=O)n1cc(NC(=O)N(C(C)C)C(C=O)CNCc2cccc(Cl)c2F)c2ccccc21. The zero-order chi connectivity index (χ0) is 24.1. The van der Waals surface area contributed by atoms with E-state index in [1.54, 1.807) is 38.2 Å². The lowest BCUT2D eigenvalue weighted by atomic mass is 10.2. The third-order valence-electron chi connectivity index (χ3n) is 5.30. The van der Waals surface area contributed by atoms with Crippen molar-refractivity contribution in [1.82, 2.24) is 14.8 Å². The van der Waals surface area contributed by atoms with E-state index in [9.17, 15) is 18.8 Å². The van der Waals surface area contributed by atoms with Crippen LogP contribution in [0.15, 0.2) is 48.7 Å². The van der Waals surface area contributed by atoms with Crippen molar-refractivity contribution >= 4 is 46.4 Å². The first-order valence-corrected chi connectivity index (χ1v) is 10.9. The van der Waals surface area contributed by atoms with Gasteiger partial charge in [-0.3, -0.25) is 9.36 Å². The fourth-order valence-corrected chi connectivity index (χ4v) is 3.93. The number of amides is 2. The second kappa shape index (κ2) is 10.6. The molecule has 0 spiro atoms. The number of hydrogen-bond acceptors (Lipinski definition) is 4. The number of rotatable bonds is 8. The van der Waals surface area contributed by atoms with E-state index >= 15 is 0 Å². The second-order valence-corrected chi connectivity index (χ2v) is 8.33. The highest BCUT2D eigenvalue weighted by atomic mass is 35.5. The van der Waals surface area contributed by atoms with Gasteiger partial charge in [0.1, 0.15) is 18.1 Å². The van der Waals surface area contributed by atoms with Crippen LogP contribution in [0.4, 0.5) is 14.9 Å². The van der Waals surface area contributed by atoms with Crippen molar-refractivity contribution in [3.05, 3.63) is 65.1 Å². The van der Waals surface area contributed by atoms with Crippen LogP contribution in [-0.2, 0) is 11.3 Å². The largest absolute Gasteiger partial charge is 0.322 e. The summed E-state index contributed by atoms with van der Waals surface area (Å²) in [6.45, 7) is 5.30. The number of hydrogen-bond donors (Lipinski definition) is 2.